The topological polar surface area (TPSA) is 0 Å². The van der Waals surface area contributed by atoms with Crippen molar-refractivity contribution in [3.05, 3.63) is 161 Å². The van der Waals surface area contributed by atoms with Crippen molar-refractivity contribution in [1.29, 1.82) is 0 Å². The van der Waals surface area contributed by atoms with Crippen LogP contribution in [0.3, 0.4) is 0 Å². The molecule has 0 aromatic heterocycles. The molecule has 262 valence electrons. The molecule has 0 N–H and O–H groups in total. The van der Waals surface area contributed by atoms with E-state index < -0.39 is 0 Å². The number of hydrogen-bond acceptors (Lipinski definition) is 0. The molecular formula is C54H46. The van der Waals surface area contributed by atoms with Crippen molar-refractivity contribution in [2.45, 2.75) is 71.6 Å². The molecule has 4 aliphatic carbocycles. The summed E-state index contributed by atoms with van der Waals surface area (Å²) in [5.41, 5.74) is 18.2. The van der Waals surface area contributed by atoms with E-state index in [9.17, 15) is 0 Å². The molecule has 0 heterocycles. The molecule has 3 atom stereocenters. The second-order valence-electron chi connectivity index (χ2n) is 17.1. The average molecular weight is 695 g/mol. The van der Waals surface area contributed by atoms with Crippen LogP contribution in [0.25, 0.3) is 82.0 Å². The lowest BCUT2D eigenvalue weighted by atomic mass is 9.80. The van der Waals surface area contributed by atoms with Gasteiger partial charge in [0.05, 0.1) is 0 Å². The maximum absolute atomic E-state index is 2.65. The lowest BCUT2D eigenvalue weighted by Crippen LogP contribution is -2.03. The van der Waals surface area contributed by atoms with Crippen LogP contribution in [0.1, 0.15) is 85.6 Å². The number of allylic oxidation sites excluding steroid dienone is 8. The van der Waals surface area contributed by atoms with Crippen molar-refractivity contribution in [2.75, 3.05) is 0 Å². The first-order valence-corrected chi connectivity index (χ1v) is 20.2. The molecule has 0 nitrogen and oxygen atoms in total. The SMILES string of the molecule is CC1=C/CCC(C)CC2C/C(=C\1)c1cc3cc(C4C=CC=CC4)c4c5cc6c(cc5cc(-c5ccccc5)c4c3cc12)-c1cc(C)cc2cc(C)cc-6c12. The van der Waals surface area contributed by atoms with E-state index in [1.165, 1.54) is 129 Å². The van der Waals surface area contributed by atoms with Gasteiger partial charge in [-0.2, -0.15) is 0 Å². The van der Waals surface area contributed by atoms with Gasteiger partial charge in [0.15, 0.2) is 0 Å². The van der Waals surface area contributed by atoms with Gasteiger partial charge in [0.25, 0.3) is 0 Å². The molecule has 0 fully saturated rings. The maximum atomic E-state index is 2.65. The predicted molar refractivity (Wildman–Crippen MR) is 234 cm³/mol. The number of rotatable bonds is 2. The van der Waals surface area contributed by atoms with Gasteiger partial charge in [0.1, 0.15) is 0 Å². The summed E-state index contributed by atoms with van der Waals surface area (Å²) in [5.74, 6) is 1.58. The van der Waals surface area contributed by atoms with Gasteiger partial charge in [-0.3, -0.25) is 0 Å². The molecule has 0 saturated carbocycles. The van der Waals surface area contributed by atoms with Crippen molar-refractivity contribution < 1.29 is 0 Å². The maximum Gasteiger partial charge on any atom is 0.00623 e. The van der Waals surface area contributed by atoms with Gasteiger partial charge in [-0.1, -0.05) is 104 Å². The Balaban J connectivity index is 1.29. The minimum Gasteiger partial charge on any atom is -0.0836 e. The molecule has 0 spiro atoms. The minimum absolute atomic E-state index is 0.311. The summed E-state index contributed by atoms with van der Waals surface area (Å²) in [5, 5.41) is 11.1. The number of fused-ring (bicyclic) bond motifs is 13. The number of aryl methyl sites for hydroxylation is 2. The fourth-order valence-corrected chi connectivity index (χ4v) is 10.9. The van der Waals surface area contributed by atoms with Crippen LogP contribution in [0.15, 0.2) is 133 Å². The normalized spacial score (nSPS) is 22.0. The third-order valence-corrected chi connectivity index (χ3v) is 13.2. The van der Waals surface area contributed by atoms with E-state index in [4.69, 9.17) is 0 Å². The van der Waals surface area contributed by atoms with Crippen molar-refractivity contribution >= 4 is 48.7 Å². The Morgan fingerprint density at radius 1 is 0.593 bits per heavy atom. The fourth-order valence-electron chi connectivity index (χ4n) is 10.9. The third-order valence-electron chi connectivity index (χ3n) is 13.2. The zero-order valence-corrected chi connectivity index (χ0v) is 31.9. The second-order valence-corrected chi connectivity index (χ2v) is 17.1. The van der Waals surface area contributed by atoms with Crippen molar-refractivity contribution in [2.24, 2.45) is 5.92 Å². The molecule has 4 aliphatic rings. The Morgan fingerprint density at radius 3 is 2.09 bits per heavy atom. The molecule has 54 heavy (non-hydrogen) atoms. The van der Waals surface area contributed by atoms with Gasteiger partial charge in [0, 0.05) is 5.92 Å². The molecule has 0 saturated heterocycles. The smallest absolute Gasteiger partial charge is 0.00623 e. The first kappa shape index (κ1) is 32.0. The van der Waals surface area contributed by atoms with Gasteiger partial charge in [-0.05, 0) is 211 Å². The summed E-state index contributed by atoms with van der Waals surface area (Å²) in [6.45, 7) is 9.27. The Bertz CT molecular complexity index is 2880. The molecule has 0 amide bonds. The monoisotopic (exact) mass is 694 g/mol. The van der Waals surface area contributed by atoms with Crippen LogP contribution < -0.4 is 0 Å². The highest BCUT2D eigenvalue weighted by atomic mass is 14.3. The van der Waals surface area contributed by atoms with Gasteiger partial charge in [-0.25, -0.2) is 0 Å². The standard InChI is InChI=1S/C54H46/c1-31-12-11-13-32(2)19-38-24-37(18-31)42-25-39-26-44(35-14-7-5-8-15-35)54-47-30-49-48(50-22-33(3)20-41-21-34(4)23-51(49)52(41)50)28-40(47)27-45(36-16-9-6-10-17-36)53(54)46(39)29-43(38)42/h5-10,12,14,16-18,20-23,25-30,32,35,38H,11,13,15,19,24H2,1-4H3/b31-12-,37-18+. The van der Waals surface area contributed by atoms with E-state index in [1.807, 2.05) is 0 Å². The van der Waals surface area contributed by atoms with Gasteiger partial charge in [-0.15, -0.1) is 0 Å². The van der Waals surface area contributed by atoms with Crippen molar-refractivity contribution in [3.8, 4) is 33.4 Å². The summed E-state index contributed by atoms with van der Waals surface area (Å²) in [4.78, 5) is 0. The Labute approximate surface area is 319 Å². The number of benzene rings is 7. The molecule has 11 rings (SSSR count). The lowest BCUT2D eigenvalue weighted by molar-refractivity contribution is 0.449. The molecule has 0 aliphatic heterocycles. The molecule has 0 heteroatoms. The Morgan fingerprint density at radius 2 is 1.31 bits per heavy atom. The van der Waals surface area contributed by atoms with Crippen molar-refractivity contribution in [1.82, 2.24) is 0 Å². The van der Waals surface area contributed by atoms with E-state index in [0.717, 1.165) is 12.8 Å². The molecule has 7 aromatic carbocycles. The van der Waals surface area contributed by atoms with Crippen LogP contribution in [0.5, 0.6) is 0 Å². The Kier molecular flexibility index (Phi) is 7.13. The molecule has 0 radical (unpaired) electrons. The average Bonchev–Trinajstić information content (AvgIpc) is 3.65. The van der Waals surface area contributed by atoms with Gasteiger partial charge < -0.3 is 0 Å². The Hall–Kier alpha value is -5.46. The predicted octanol–water partition coefficient (Wildman–Crippen LogP) is 15.5. The van der Waals surface area contributed by atoms with Gasteiger partial charge >= 0.3 is 0 Å². The van der Waals surface area contributed by atoms with Crippen LogP contribution in [0.2, 0.25) is 0 Å². The fraction of sp³-hybridized carbons (Fsp3) is 0.222. The van der Waals surface area contributed by atoms with E-state index in [2.05, 4.69) is 155 Å². The second kappa shape index (κ2) is 12.0. The molecule has 3 unspecified atom stereocenters. The lowest BCUT2D eigenvalue weighted by Gasteiger charge is -2.23. The van der Waals surface area contributed by atoms with E-state index in [1.54, 1.807) is 5.56 Å². The number of hydrogen-bond donors (Lipinski definition) is 0. The summed E-state index contributed by atoms with van der Waals surface area (Å²) in [7, 11) is 0. The van der Waals surface area contributed by atoms with E-state index in [0.29, 0.717) is 17.8 Å². The first-order valence-electron chi connectivity index (χ1n) is 20.2. The summed E-state index contributed by atoms with van der Waals surface area (Å²) >= 11 is 0. The van der Waals surface area contributed by atoms with Crippen LogP contribution in [-0.2, 0) is 0 Å². The molecule has 7 aromatic rings. The summed E-state index contributed by atoms with van der Waals surface area (Å²) < 4.78 is 0. The largest absolute Gasteiger partial charge is 0.0836 e. The third kappa shape index (κ3) is 4.89. The molecular weight excluding hydrogens is 649 g/mol. The zero-order valence-electron chi connectivity index (χ0n) is 31.9. The van der Waals surface area contributed by atoms with Crippen LogP contribution in [-0.4, -0.2) is 0 Å². The summed E-state index contributed by atoms with van der Waals surface area (Å²) in [6.07, 6.45) is 20.1. The quantitative estimate of drug-likeness (QED) is 0.158. The van der Waals surface area contributed by atoms with Crippen LogP contribution >= 0.6 is 0 Å². The highest BCUT2D eigenvalue weighted by molar-refractivity contribution is 6.27. The summed E-state index contributed by atoms with van der Waals surface area (Å²) in [6, 6.07) is 36.2. The highest BCUT2D eigenvalue weighted by Gasteiger charge is 2.31. The van der Waals surface area contributed by atoms with E-state index in [-0.39, 0.29) is 0 Å². The minimum atomic E-state index is 0.311. The van der Waals surface area contributed by atoms with E-state index >= 15 is 0 Å². The van der Waals surface area contributed by atoms with Crippen LogP contribution in [0.4, 0.5) is 0 Å². The molecule has 2 bridgehead atoms. The van der Waals surface area contributed by atoms with Gasteiger partial charge in [0.2, 0.25) is 0 Å². The van der Waals surface area contributed by atoms with Crippen LogP contribution in [0, 0.1) is 19.8 Å². The zero-order chi connectivity index (χ0) is 36.2. The first-order chi connectivity index (χ1) is 26.4. The van der Waals surface area contributed by atoms with Crippen molar-refractivity contribution in [3.63, 3.8) is 0 Å². The highest BCUT2D eigenvalue weighted by Crippen LogP contribution is 2.54.